The zero-order valence-electron chi connectivity index (χ0n) is 17.3. The molecule has 1 aromatic rings. The Kier molecular flexibility index (Phi) is 7.63. The molecule has 8 nitrogen and oxygen atoms in total. The number of hydrogen-bond donors (Lipinski definition) is 1. The van der Waals surface area contributed by atoms with Crippen molar-refractivity contribution in [2.75, 3.05) is 52.4 Å². The fraction of sp³-hybridized carbons (Fsp3) is 0.524. The number of piperazine rings is 1. The molecule has 0 aliphatic carbocycles. The van der Waals surface area contributed by atoms with E-state index in [2.05, 4.69) is 16.2 Å². The number of hydrogen-bond acceptors (Lipinski definition) is 5. The number of benzene rings is 1. The van der Waals surface area contributed by atoms with Gasteiger partial charge in [-0.15, -0.1) is 6.58 Å². The van der Waals surface area contributed by atoms with Crippen LogP contribution in [0, 0.1) is 0 Å². The van der Waals surface area contributed by atoms with E-state index in [1.54, 1.807) is 17.0 Å². The van der Waals surface area contributed by atoms with Crippen LogP contribution in [-0.4, -0.2) is 87.3 Å². The number of nitrogens with zero attached hydrogens (tertiary/aromatic N) is 3. The largest absolute Gasteiger partial charge is 0.342 e. The molecule has 164 valence electrons. The summed E-state index contributed by atoms with van der Waals surface area (Å²) in [5.41, 5.74) is 0.342. The molecule has 0 radical (unpaired) electrons. The quantitative estimate of drug-likeness (QED) is 0.645. The molecule has 1 N–H and O–H groups in total. The monoisotopic (exact) mass is 434 g/mol. The van der Waals surface area contributed by atoms with Crippen molar-refractivity contribution >= 4 is 21.8 Å². The summed E-state index contributed by atoms with van der Waals surface area (Å²) in [7, 11) is -3.68. The predicted octanol–water partition coefficient (Wildman–Crippen LogP) is 0.921. The van der Waals surface area contributed by atoms with Crippen molar-refractivity contribution in [3.05, 3.63) is 42.5 Å². The molecule has 2 aliphatic rings. The molecule has 0 spiro atoms. The van der Waals surface area contributed by atoms with Gasteiger partial charge >= 0.3 is 0 Å². The van der Waals surface area contributed by atoms with E-state index in [9.17, 15) is 18.0 Å². The molecule has 9 heteroatoms. The minimum Gasteiger partial charge on any atom is -0.342 e. The Bertz CT molecular complexity index is 873. The Balaban J connectivity index is 1.55. The Morgan fingerprint density at radius 1 is 1.00 bits per heavy atom. The third-order valence-corrected chi connectivity index (χ3v) is 6.96. The second-order valence-corrected chi connectivity index (χ2v) is 9.45. The number of carbonyl (C=O) groups is 2. The number of nitrogens with one attached hydrogen (secondary N) is 1. The number of rotatable bonds is 7. The summed E-state index contributed by atoms with van der Waals surface area (Å²) in [4.78, 5) is 31.1. The second kappa shape index (κ2) is 10.2. The van der Waals surface area contributed by atoms with Gasteiger partial charge in [-0.1, -0.05) is 12.1 Å². The lowest BCUT2D eigenvalue weighted by Crippen LogP contribution is -2.52. The topological polar surface area (TPSA) is 90.0 Å². The van der Waals surface area contributed by atoms with E-state index >= 15 is 0 Å². The molecule has 2 heterocycles. The van der Waals surface area contributed by atoms with Gasteiger partial charge in [0, 0.05) is 51.4 Å². The van der Waals surface area contributed by atoms with Crippen molar-refractivity contribution in [3.63, 3.8) is 0 Å². The molecule has 3 rings (SSSR count). The maximum atomic E-state index is 12.9. The molecule has 1 aromatic carbocycles. The van der Waals surface area contributed by atoms with Gasteiger partial charge in [-0.2, -0.15) is 0 Å². The summed E-state index contributed by atoms with van der Waals surface area (Å²) in [6.45, 7) is 7.99. The highest BCUT2D eigenvalue weighted by Gasteiger charge is 2.26. The van der Waals surface area contributed by atoms with Gasteiger partial charge in [0.2, 0.25) is 15.9 Å². The Hall–Kier alpha value is -2.23. The van der Waals surface area contributed by atoms with E-state index in [0.29, 0.717) is 38.3 Å². The van der Waals surface area contributed by atoms with Crippen molar-refractivity contribution in [2.24, 2.45) is 0 Å². The van der Waals surface area contributed by atoms with Crippen LogP contribution in [-0.2, 0) is 14.8 Å². The second-order valence-electron chi connectivity index (χ2n) is 7.68. The van der Waals surface area contributed by atoms with E-state index in [1.165, 1.54) is 24.6 Å². The lowest BCUT2D eigenvalue weighted by molar-refractivity contribution is -0.133. The number of piperidine rings is 1. The third kappa shape index (κ3) is 5.68. The van der Waals surface area contributed by atoms with Gasteiger partial charge in [0.1, 0.15) is 0 Å². The van der Waals surface area contributed by atoms with Crippen LogP contribution in [0.15, 0.2) is 41.8 Å². The van der Waals surface area contributed by atoms with E-state index < -0.39 is 10.0 Å². The first-order valence-electron chi connectivity index (χ1n) is 10.4. The standard InChI is InChI=1S/C21H30N4O4S/c1-2-9-22-30(28,29)19-8-6-7-18(16-19)21(27)25-14-12-23(13-15-25)17-20(26)24-10-4-3-5-11-24/h2,6-8,16,22H,1,3-5,9-15,17H2. The molecular formula is C21H30N4O4S. The highest BCUT2D eigenvalue weighted by molar-refractivity contribution is 7.89. The van der Waals surface area contributed by atoms with Crippen molar-refractivity contribution < 1.29 is 18.0 Å². The normalized spacial score (nSPS) is 18.3. The summed E-state index contributed by atoms with van der Waals surface area (Å²) in [6, 6.07) is 6.07. The molecule has 0 atom stereocenters. The molecular weight excluding hydrogens is 404 g/mol. The maximum absolute atomic E-state index is 12.9. The molecule has 30 heavy (non-hydrogen) atoms. The molecule has 2 fully saturated rings. The Labute approximate surface area is 178 Å². The number of likely N-dealkylation sites (tertiary alicyclic amines) is 1. The average Bonchev–Trinajstić information content (AvgIpc) is 2.78. The van der Waals surface area contributed by atoms with E-state index in [4.69, 9.17) is 0 Å². The van der Waals surface area contributed by atoms with Crippen LogP contribution in [0.1, 0.15) is 29.6 Å². The molecule has 2 saturated heterocycles. The predicted molar refractivity (Wildman–Crippen MR) is 115 cm³/mol. The SMILES string of the molecule is C=CCNS(=O)(=O)c1cccc(C(=O)N2CCN(CC(=O)N3CCCCC3)CC2)c1. The summed E-state index contributed by atoms with van der Waals surface area (Å²) in [5, 5.41) is 0. The minimum absolute atomic E-state index is 0.0564. The third-order valence-electron chi connectivity index (χ3n) is 5.54. The van der Waals surface area contributed by atoms with Crippen molar-refractivity contribution in [3.8, 4) is 0 Å². The average molecular weight is 435 g/mol. The molecule has 0 unspecified atom stereocenters. The first kappa shape index (κ1) is 22.5. The van der Waals surface area contributed by atoms with Crippen LogP contribution in [0.4, 0.5) is 0 Å². The van der Waals surface area contributed by atoms with Crippen LogP contribution in [0.25, 0.3) is 0 Å². The maximum Gasteiger partial charge on any atom is 0.253 e. The summed E-state index contributed by atoms with van der Waals surface area (Å²) in [5.74, 6) is -0.0304. The van der Waals surface area contributed by atoms with Crippen LogP contribution in [0.2, 0.25) is 0 Å². The van der Waals surface area contributed by atoms with E-state index in [-0.39, 0.29) is 23.3 Å². The van der Waals surface area contributed by atoms with Gasteiger partial charge in [0.05, 0.1) is 11.4 Å². The molecule has 2 aliphatic heterocycles. The lowest BCUT2D eigenvalue weighted by atomic mass is 10.1. The van der Waals surface area contributed by atoms with E-state index in [0.717, 1.165) is 25.9 Å². The molecule has 0 saturated carbocycles. The summed E-state index contributed by atoms with van der Waals surface area (Å²) >= 11 is 0. The van der Waals surface area contributed by atoms with E-state index in [1.807, 2.05) is 4.90 Å². The number of amides is 2. The van der Waals surface area contributed by atoms with Crippen LogP contribution >= 0.6 is 0 Å². The van der Waals surface area contributed by atoms with Gasteiger partial charge in [0.15, 0.2) is 0 Å². The van der Waals surface area contributed by atoms with Crippen molar-refractivity contribution in [1.82, 2.24) is 19.4 Å². The minimum atomic E-state index is -3.68. The fourth-order valence-corrected chi connectivity index (χ4v) is 4.82. The molecule has 0 bridgehead atoms. The number of sulfonamides is 1. The highest BCUT2D eigenvalue weighted by atomic mass is 32.2. The zero-order valence-corrected chi connectivity index (χ0v) is 18.1. The van der Waals surface area contributed by atoms with Crippen LogP contribution in [0.5, 0.6) is 0 Å². The first-order valence-corrected chi connectivity index (χ1v) is 11.9. The Morgan fingerprint density at radius 3 is 2.37 bits per heavy atom. The van der Waals surface area contributed by atoms with Crippen LogP contribution < -0.4 is 4.72 Å². The van der Waals surface area contributed by atoms with Gasteiger partial charge in [-0.05, 0) is 37.5 Å². The molecule has 2 amide bonds. The molecule has 0 aromatic heterocycles. The van der Waals surface area contributed by atoms with Gasteiger partial charge in [-0.3, -0.25) is 14.5 Å². The fourth-order valence-electron chi connectivity index (χ4n) is 3.77. The van der Waals surface area contributed by atoms with Gasteiger partial charge in [0.25, 0.3) is 5.91 Å². The van der Waals surface area contributed by atoms with Crippen molar-refractivity contribution in [1.29, 1.82) is 0 Å². The Morgan fingerprint density at radius 2 is 1.70 bits per heavy atom. The lowest BCUT2D eigenvalue weighted by Gasteiger charge is -2.36. The summed E-state index contributed by atoms with van der Waals surface area (Å²) < 4.78 is 27.0. The highest BCUT2D eigenvalue weighted by Crippen LogP contribution is 2.15. The first-order chi connectivity index (χ1) is 14.4. The van der Waals surface area contributed by atoms with Gasteiger partial charge < -0.3 is 9.80 Å². The van der Waals surface area contributed by atoms with Crippen LogP contribution in [0.3, 0.4) is 0 Å². The number of carbonyl (C=O) groups excluding carboxylic acids is 2. The summed E-state index contributed by atoms with van der Waals surface area (Å²) in [6.07, 6.45) is 4.80. The van der Waals surface area contributed by atoms with Gasteiger partial charge in [-0.25, -0.2) is 13.1 Å². The zero-order chi connectivity index (χ0) is 21.6. The smallest absolute Gasteiger partial charge is 0.253 e. The van der Waals surface area contributed by atoms with Crippen molar-refractivity contribution in [2.45, 2.75) is 24.2 Å².